The van der Waals surface area contributed by atoms with Gasteiger partial charge in [0.2, 0.25) is 0 Å². The van der Waals surface area contributed by atoms with E-state index in [1.54, 1.807) is 0 Å². The molecule has 0 nitrogen and oxygen atoms in total. The van der Waals surface area contributed by atoms with Crippen molar-refractivity contribution in [1.82, 2.24) is 0 Å². The van der Waals surface area contributed by atoms with Crippen LogP contribution < -0.4 is 0 Å². The average molecular weight is 250 g/mol. The molecule has 0 fully saturated rings. The quantitative estimate of drug-likeness (QED) is 0.400. The minimum atomic E-state index is 1.25. The molecule has 0 N–H and O–H groups in total. The maximum atomic E-state index is 2.34. The molecule has 0 saturated heterocycles. The van der Waals surface area contributed by atoms with Gasteiger partial charge in [-0.1, -0.05) is 57.6 Å². The normalized spacial score (nSPS) is 10.7. The molecule has 0 unspecified atom stereocenters. The van der Waals surface area contributed by atoms with Crippen LogP contribution in [0, 0.1) is 0 Å². The topological polar surface area (TPSA) is 0 Å². The van der Waals surface area contributed by atoms with E-state index in [1.165, 1.54) is 61.8 Å². The number of unbranched alkanes of at least 4 members (excludes halogenated alkanes) is 6. The Morgan fingerprint density at radius 3 is 2.35 bits per heavy atom. The fraction of sp³-hybridized carbons (Fsp3) is 0.625. The Balaban J connectivity index is 2.09. The molecule has 0 saturated carbocycles. The van der Waals surface area contributed by atoms with Gasteiger partial charge >= 0.3 is 0 Å². The summed E-state index contributed by atoms with van der Waals surface area (Å²) in [7, 11) is 0. The summed E-state index contributed by atoms with van der Waals surface area (Å²) in [5, 5.41) is 0. The Kier molecular flexibility index (Phi) is 8.25. The van der Waals surface area contributed by atoms with Crippen molar-refractivity contribution in [3.63, 3.8) is 0 Å². The predicted octanol–water partition coefficient (Wildman–Crippen LogP) is 5.70. The highest BCUT2D eigenvalue weighted by molar-refractivity contribution is 7.98. The van der Waals surface area contributed by atoms with Gasteiger partial charge in [0, 0.05) is 4.90 Å². The molecule has 0 aliphatic rings. The smallest absolute Gasteiger partial charge is 0.00718 e. The van der Waals surface area contributed by atoms with Crippen LogP contribution >= 0.6 is 11.8 Å². The molecule has 0 spiro atoms. The number of aryl methyl sites for hydroxylation is 1. The zero-order chi connectivity index (χ0) is 12.3. The average Bonchev–Trinajstić information content (AvgIpc) is 2.38. The molecule has 0 bridgehead atoms. The molecule has 0 atom stereocenters. The van der Waals surface area contributed by atoms with Gasteiger partial charge in [-0.05, 0) is 36.8 Å². The molecule has 0 aliphatic heterocycles. The van der Waals surface area contributed by atoms with Crippen LogP contribution in [0.4, 0.5) is 0 Å². The molecule has 1 aromatic carbocycles. The molecule has 0 radical (unpaired) electrons. The highest BCUT2D eigenvalue weighted by atomic mass is 32.2. The van der Waals surface area contributed by atoms with E-state index in [4.69, 9.17) is 0 Å². The first-order chi connectivity index (χ1) is 8.36. The number of thioether (sulfide) groups is 1. The molecule has 0 aliphatic carbocycles. The molecule has 0 amide bonds. The summed E-state index contributed by atoms with van der Waals surface area (Å²) in [4.78, 5) is 1.39. The van der Waals surface area contributed by atoms with Crippen molar-refractivity contribution in [2.24, 2.45) is 0 Å². The molecular weight excluding hydrogens is 224 g/mol. The zero-order valence-electron chi connectivity index (χ0n) is 11.4. The second kappa shape index (κ2) is 9.58. The minimum Gasteiger partial charge on any atom is -0.130 e. The van der Waals surface area contributed by atoms with Gasteiger partial charge in [0.25, 0.3) is 0 Å². The van der Waals surface area contributed by atoms with Crippen molar-refractivity contribution in [1.29, 1.82) is 0 Å². The minimum absolute atomic E-state index is 1.25. The van der Waals surface area contributed by atoms with Gasteiger partial charge in [0.15, 0.2) is 0 Å². The molecule has 17 heavy (non-hydrogen) atoms. The third-order valence-electron chi connectivity index (χ3n) is 3.20. The monoisotopic (exact) mass is 250 g/mol. The van der Waals surface area contributed by atoms with E-state index in [0.29, 0.717) is 0 Å². The predicted molar refractivity (Wildman–Crippen MR) is 79.9 cm³/mol. The highest BCUT2D eigenvalue weighted by Crippen LogP contribution is 2.17. The summed E-state index contributed by atoms with van der Waals surface area (Å²) >= 11 is 1.84. The van der Waals surface area contributed by atoms with Crippen LogP contribution in [0.25, 0.3) is 0 Å². The number of benzene rings is 1. The van der Waals surface area contributed by atoms with E-state index in [2.05, 4.69) is 37.4 Å². The Morgan fingerprint density at radius 1 is 0.941 bits per heavy atom. The van der Waals surface area contributed by atoms with Crippen molar-refractivity contribution >= 4 is 11.8 Å². The fourth-order valence-corrected chi connectivity index (χ4v) is 2.60. The van der Waals surface area contributed by atoms with E-state index < -0.39 is 0 Å². The van der Waals surface area contributed by atoms with Crippen LogP contribution in [0.15, 0.2) is 29.2 Å². The molecule has 1 heteroatoms. The molecule has 0 aromatic heterocycles. The second-order valence-electron chi connectivity index (χ2n) is 4.72. The van der Waals surface area contributed by atoms with Crippen LogP contribution in [0.3, 0.4) is 0 Å². The standard InChI is InChI=1S/C16H26S/c1-3-4-5-6-7-8-9-11-15-12-10-13-16(14-15)17-2/h10,12-14H,3-9,11H2,1-2H3. The lowest BCUT2D eigenvalue weighted by molar-refractivity contribution is 0.589. The molecule has 0 heterocycles. The maximum Gasteiger partial charge on any atom is 0.00718 e. The Bertz CT molecular complexity index is 293. The first-order valence-electron chi connectivity index (χ1n) is 6.99. The third-order valence-corrected chi connectivity index (χ3v) is 3.93. The van der Waals surface area contributed by atoms with Gasteiger partial charge in [-0.3, -0.25) is 0 Å². The van der Waals surface area contributed by atoms with Crippen LogP contribution in [0.5, 0.6) is 0 Å². The first-order valence-corrected chi connectivity index (χ1v) is 8.22. The second-order valence-corrected chi connectivity index (χ2v) is 5.60. The lowest BCUT2D eigenvalue weighted by atomic mass is 10.0. The van der Waals surface area contributed by atoms with Gasteiger partial charge in [0.1, 0.15) is 0 Å². The van der Waals surface area contributed by atoms with Crippen molar-refractivity contribution < 1.29 is 0 Å². The van der Waals surface area contributed by atoms with E-state index >= 15 is 0 Å². The third kappa shape index (κ3) is 6.78. The van der Waals surface area contributed by atoms with Crippen LogP contribution in [-0.2, 0) is 6.42 Å². The zero-order valence-corrected chi connectivity index (χ0v) is 12.2. The van der Waals surface area contributed by atoms with Crippen LogP contribution in [-0.4, -0.2) is 6.26 Å². The lowest BCUT2D eigenvalue weighted by Gasteiger charge is -2.04. The summed E-state index contributed by atoms with van der Waals surface area (Å²) in [6.45, 7) is 2.28. The summed E-state index contributed by atoms with van der Waals surface area (Å²) in [6.07, 6.45) is 13.2. The largest absolute Gasteiger partial charge is 0.130 e. The van der Waals surface area contributed by atoms with Crippen molar-refractivity contribution in [3.8, 4) is 0 Å². The van der Waals surface area contributed by atoms with Crippen LogP contribution in [0.1, 0.15) is 57.4 Å². The van der Waals surface area contributed by atoms with Gasteiger partial charge in [-0.2, -0.15) is 0 Å². The van der Waals surface area contributed by atoms with Crippen molar-refractivity contribution in [2.75, 3.05) is 6.26 Å². The van der Waals surface area contributed by atoms with Gasteiger partial charge < -0.3 is 0 Å². The van der Waals surface area contributed by atoms with E-state index in [-0.39, 0.29) is 0 Å². The van der Waals surface area contributed by atoms with Crippen molar-refractivity contribution in [3.05, 3.63) is 29.8 Å². The van der Waals surface area contributed by atoms with E-state index in [0.717, 1.165) is 0 Å². The van der Waals surface area contributed by atoms with Crippen molar-refractivity contribution in [2.45, 2.75) is 63.2 Å². The molecule has 96 valence electrons. The van der Waals surface area contributed by atoms with Gasteiger partial charge in [0.05, 0.1) is 0 Å². The first kappa shape index (κ1) is 14.6. The Labute approximate surface area is 111 Å². The number of hydrogen-bond donors (Lipinski definition) is 0. The molecular formula is C16H26S. The van der Waals surface area contributed by atoms with E-state index in [9.17, 15) is 0 Å². The van der Waals surface area contributed by atoms with E-state index in [1.807, 2.05) is 11.8 Å². The fourth-order valence-electron chi connectivity index (χ4n) is 2.11. The summed E-state index contributed by atoms with van der Waals surface area (Å²) in [5.74, 6) is 0. The Morgan fingerprint density at radius 2 is 1.65 bits per heavy atom. The summed E-state index contributed by atoms with van der Waals surface area (Å²) < 4.78 is 0. The number of hydrogen-bond acceptors (Lipinski definition) is 1. The molecule has 1 rings (SSSR count). The lowest BCUT2D eigenvalue weighted by Crippen LogP contribution is -1.86. The Hall–Kier alpha value is -0.430. The highest BCUT2D eigenvalue weighted by Gasteiger charge is 1.96. The summed E-state index contributed by atoms with van der Waals surface area (Å²) in [6, 6.07) is 8.97. The number of rotatable bonds is 9. The maximum absolute atomic E-state index is 2.34. The van der Waals surface area contributed by atoms with Gasteiger partial charge in [-0.25, -0.2) is 0 Å². The molecule has 1 aromatic rings. The van der Waals surface area contributed by atoms with Crippen LogP contribution in [0.2, 0.25) is 0 Å². The SMILES string of the molecule is CCCCCCCCCc1cccc(SC)c1. The summed E-state index contributed by atoms with van der Waals surface area (Å²) in [5.41, 5.74) is 1.51. The van der Waals surface area contributed by atoms with Gasteiger partial charge in [-0.15, -0.1) is 11.8 Å².